The summed E-state index contributed by atoms with van der Waals surface area (Å²) < 4.78 is 6.58. The molecule has 0 aliphatic heterocycles. The molecule has 2 unspecified atom stereocenters. The highest BCUT2D eigenvalue weighted by atomic mass is 79.9. The number of ether oxygens (including phenoxy) is 1. The van der Waals surface area contributed by atoms with E-state index in [-0.39, 0.29) is 0 Å². The van der Waals surface area contributed by atoms with Crippen LogP contribution in [0.15, 0.2) is 15.9 Å². The lowest BCUT2D eigenvalue weighted by atomic mass is 10.0. The van der Waals surface area contributed by atoms with Gasteiger partial charge in [0.1, 0.15) is 0 Å². The van der Waals surface area contributed by atoms with E-state index >= 15 is 0 Å². The van der Waals surface area contributed by atoms with Crippen molar-refractivity contribution in [3.05, 3.63) is 20.8 Å². The molecule has 0 bridgehead atoms. The summed E-state index contributed by atoms with van der Waals surface area (Å²) in [6.07, 6.45) is 4.92. The molecular weight excluding hydrogens is 310 g/mol. The van der Waals surface area contributed by atoms with Crippen LogP contribution in [0.1, 0.15) is 38.0 Å². The van der Waals surface area contributed by atoms with Gasteiger partial charge in [0.25, 0.3) is 0 Å². The molecule has 0 aromatic carbocycles. The molecule has 0 amide bonds. The first-order valence-electron chi connectivity index (χ1n) is 6.65. The number of methoxy groups -OCH3 is 1. The van der Waals surface area contributed by atoms with Crippen molar-refractivity contribution in [2.45, 2.75) is 51.7 Å². The van der Waals surface area contributed by atoms with Crippen LogP contribution in [0.25, 0.3) is 0 Å². The van der Waals surface area contributed by atoms with Crippen molar-refractivity contribution in [3.8, 4) is 0 Å². The van der Waals surface area contributed by atoms with Crippen LogP contribution in [0.5, 0.6) is 0 Å². The average molecular weight is 334 g/mol. The van der Waals surface area contributed by atoms with Crippen LogP contribution in [-0.2, 0) is 11.2 Å². The lowest BCUT2D eigenvalue weighted by Gasteiger charge is -2.20. The predicted molar refractivity (Wildman–Crippen MR) is 83.5 cm³/mol. The first-order valence-corrected chi connectivity index (χ1v) is 8.32. The zero-order valence-electron chi connectivity index (χ0n) is 11.5. The molecule has 4 heteroatoms. The zero-order valence-corrected chi connectivity index (χ0v) is 13.9. The van der Waals surface area contributed by atoms with Crippen molar-refractivity contribution in [2.24, 2.45) is 0 Å². The van der Waals surface area contributed by atoms with E-state index in [9.17, 15) is 0 Å². The van der Waals surface area contributed by atoms with Gasteiger partial charge in [0.15, 0.2) is 0 Å². The highest BCUT2D eigenvalue weighted by Crippen LogP contribution is 2.25. The summed E-state index contributed by atoms with van der Waals surface area (Å²) >= 11 is 5.45. The number of nitrogens with one attached hydrogen (secondary N) is 1. The molecule has 0 spiro atoms. The van der Waals surface area contributed by atoms with Crippen LogP contribution in [0.3, 0.4) is 0 Å². The third kappa shape index (κ3) is 5.83. The zero-order chi connectivity index (χ0) is 13.4. The minimum atomic E-state index is 0.350. The molecular formula is C14H24BrNOS. The number of rotatable bonds is 9. The Balaban J connectivity index is 2.47. The molecule has 0 fully saturated rings. The average Bonchev–Trinajstić information content (AvgIpc) is 2.77. The Labute approximate surface area is 123 Å². The van der Waals surface area contributed by atoms with E-state index in [0.717, 1.165) is 19.4 Å². The molecule has 0 saturated carbocycles. The SMILES string of the molecule is CCCNC(CCC(C)OC)Cc1sccc1Br. The molecule has 0 aliphatic rings. The molecule has 0 aliphatic carbocycles. The van der Waals surface area contributed by atoms with Crippen molar-refractivity contribution in [2.75, 3.05) is 13.7 Å². The Morgan fingerprint density at radius 1 is 1.44 bits per heavy atom. The third-order valence-electron chi connectivity index (χ3n) is 3.13. The molecule has 0 saturated heterocycles. The number of halogens is 1. The monoisotopic (exact) mass is 333 g/mol. The molecule has 1 aromatic heterocycles. The number of hydrogen-bond donors (Lipinski definition) is 1. The maximum atomic E-state index is 5.33. The van der Waals surface area contributed by atoms with E-state index < -0.39 is 0 Å². The second-order valence-electron chi connectivity index (χ2n) is 4.67. The normalized spacial score (nSPS) is 14.7. The smallest absolute Gasteiger partial charge is 0.0543 e. The molecule has 18 heavy (non-hydrogen) atoms. The van der Waals surface area contributed by atoms with Crippen molar-refractivity contribution in [1.82, 2.24) is 5.32 Å². The van der Waals surface area contributed by atoms with Gasteiger partial charge in [-0.25, -0.2) is 0 Å². The van der Waals surface area contributed by atoms with Gasteiger partial charge in [-0.15, -0.1) is 11.3 Å². The summed E-state index contributed by atoms with van der Waals surface area (Å²) in [6.45, 7) is 5.44. The van der Waals surface area contributed by atoms with Crippen LogP contribution in [0.4, 0.5) is 0 Å². The van der Waals surface area contributed by atoms with Crippen molar-refractivity contribution in [1.29, 1.82) is 0 Å². The number of hydrogen-bond acceptors (Lipinski definition) is 3. The fraction of sp³-hybridized carbons (Fsp3) is 0.714. The maximum absolute atomic E-state index is 5.33. The Bertz CT molecular complexity index is 329. The van der Waals surface area contributed by atoms with Gasteiger partial charge in [0.2, 0.25) is 0 Å². The second-order valence-corrected chi connectivity index (χ2v) is 6.53. The molecule has 104 valence electrons. The predicted octanol–water partition coefficient (Wildman–Crippen LogP) is 4.24. The van der Waals surface area contributed by atoms with E-state index in [1.807, 2.05) is 11.3 Å². The Morgan fingerprint density at radius 2 is 2.22 bits per heavy atom. The van der Waals surface area contributed by atoms with Gasteiger partial charge in [0, 0.05) is 22.5 Å². The summed E-state index contributed by atoms with van der Waals surface area (Å²) in [5.41, 5.74) is 0. The van der Waals surface area contributed by atoms with Gasteiger partial charge in [-0.05, 0) is 66.5 Å². The molecule has 1 aromatic rings. The standard InChI is InChI=1S/C14H24BrNOS/c1-4-8-16-12(6-5-11(2)17-3)10-14-13(15)7-9-18-14/h7,9,11-12,16H,4-6,8,10H2,1-3H3. The summed E-state index contributed by atoms with van der Waals surface area (Å²) in [5, 5.41) is 5.79. The van der Waals surface area contributed by atoms with Gasteiger partial charge in [-0.3, -0.25) is 0 Å². The molecule has 2 nitrogen and oxygen atoms in total. The van der Waals surface area contributed by atoms with E-state index in [1.165, 1.54) is 22.2 Å². The summed E-state index contributed by atoms with van der Waals surface area (Å²) in [4.78, 5) is 1.44. The Morgan fingerprint density at radius 3 is 2.78 bits per heavy atom. The largest absolute Gasteiger partial charge is 0.382 e. The molecule has 1 heterocycles. The second kappa shape index (κ2) is 9.08. The van der Waals surface area contributed by atoms with Gasteiger partial charge in [-0.1, -0.05) is 6.92 Å². The highest BCUT2D eigenvalue weighted by molar-refractivity contribution is 9.10. The lowest BCUT2D eigenvalue weighted by Crippen LogP contribution is -2.32. The third-order valence-corrected chi connectivity index (χ3v) is 5.08. The number of thiophene rings is 1. The van der Waals surface area contributed by atoms with Crippen molar-refractivity contribution < 1.29 is 4.74 Å². The summed E-state index contributed by atoms with van der Waals surface area (Å²) in [6, 6.07) is 2.69. The van der Waals surface area contributed by atoms with Crippen molar-refractivity contribution in [3.63, 3.8) is 0 Å². The van der Waals surface area contributed by atoms with Gasteiger partial charge >= 0.3 is 0 Å². The maximum Gasteiger partial charge on any atom is 0.0543 e. The Hall–Kier alpha value is 0.100. The van der Waals surface area contributed by atoms with Gasteiger partial charge < -0.3 is 10.1 Å². The molecule has 0 radical (unpaired) electrons. The van der Waals surface area contributed by atoms with Crippen LogP contribution in [0.2, 0.25) is 0 Å². The first-order chi connectivity index (χ1) is 8.67. The highest BCUT2D eigenvalue weighted by Gasteiger charge is 2.13. The van der Waals surface area contributed by atoms with Crippen LogP contribution >= 0.6 is 27.3 Å². The minimum Gasteiger partial charge on any atom is -0.382 e. The van der Waals surface area contributed by atoms with Crippen LogP contribution in [0, 0.1) is 0 Å². The van der Waals surface area contributed by atoms with Crippen LogP contribution in [-0.4, -0.2) is 25.8 Å². The minimum absolute atomic E-state index is 0.350. The summed E-state index contributed by atoms with van der Waals surface area (Å²) in [5.74, 6) is 0. The van der Waals surface area contributed by atoms with Gasteiger partial charge in [0.05, 0.1) is 6.10 Å². The van der Waals surface area contributed by atoms with E-state index in [0.29, 0.717) is 12.1 Å². The summed E-state index contributed by atoms with van der Waals surface area (Å²) in [7, 11) is 1.79. The lowest BCUT2D eigenvalue weighted by molar-refractivity contribution is 0.106. The topological polar surface area (TPSA) is 21.3 Å². The molecule has 2 atom stereocenters. The quantitative estimate of drug-likeness (QED) is 0.729. The van der Waals surface area contributed by atoms with E-state index in [2.05, 4.69) is 46.5 Å². The van der Waals surface area contributed by atoms with Crippen LogP contribution < -0.4 is 5.32 Å². The first kappa shape index (κ1) is 16.2. The Kier molecular flexibility index (Phi) is 8.15. The van der Waals surface area contributed by atoms with Gasteiger partial charge in [-0.2, -0.15) is 0 Å². The fourth-order valence-electron chi connectivity index (χ4n) is 1.87. The van der Waals surface area contributed by atoms with Crippen molar-refractivity contribution >= 4 is 27.3 Å². The molecule has 1 N–H and O–H groups in total. The van der Waals surface area contributed by atoms with E-state index in [4.69, 9.17) is 4.74 Å². The fourth-order valence-corrected chi connectivity index (χ4v) is 3.47. The van der Waals surface area contributed by atoms with E-state index in [1.54, 1.807) is 7.11 Å². The molecule has 1 rings (SSSR count).